The molecule has 0 fully saturated rings. The number of benzene rings is 1. The first-order valence-corrected chi connectivity index (χ1v) is 6.99. The molecule has 1 aliphatic heterocycles. The van der Waals surface area contributed by atoms with Crippen molar-refractivity contribution in [3.05, 3.63) is 59.9 Å². The zero-order valence-corrected chi connectivity index (χ0v) is 11.6. The maximum absolute atomic E-state index is 12.3. The summed E-state index contributed by atoms with van der Waals surface area (Å²) in [5.41, 5.74) is 2.32. The van der Waals surface area contributed by atoms with Crippen LogP contribution in [0.2, 0.25) is 0 Å². The van der Waals surface area contributed by atoms with Crippen molar-refractivity contribution in [1.82, 2.24) is 14.8 Å². The Morgan fingerprint density at radius 3 is 2.80 bits per heavy atom. The van der Waals surface area contributed by atoms with E-state index in [-0.39, 0.29) is 12.1 Å². The number of urea groups is 1. The van der Waals surface area contributed by atoms with Gasteiger partial charge in [-0.25, -0.2) is 4.79 Å². The Morgan fingerprint density at radius 1 is 1.20 bits per heavy atom. The van der Waals surface area contributed by atoms with Gasteiger partial charge in [0.2, 0.25) is 0 Å². The van der Waals surface area contributed by atoms with Crippen molar-refractivity contribution < 1.29 is 4.79 Å². The van der Waals surface area contributed by atoms with Gasteiger partial charge in [-0.2, -0.15) is 0 Å². The molecular formula is C16H19N3O. The lowest BCUT2D eigenvalue weighted by atomic mass is 10.1. The molecule has 4 nitrogen and oxygen atoms in total. The van der Waals surface area contributed by atoms with E-state index in [4.69, 9.17) is 0 Å². The maximum atomic E-state index is 12.3. The number of rotatable bonds is 2. The normalized spacial score (nSPS) is 17.6. The van der Waals surface area contributed by atoms with Crippen LogP contribution in [0.15, 0.2) is 48.7 Å². The number of aromatic nitrogens is 1. The van der Waals surface area contributed by atoms with Crippen LogP contribution in [0.25, 0.3) is 0 Å². The fourth-order valence-corrected chi connectivity index (χ4v) is 2.73. The second-order valence-corrected chi connectivity index (χ2v) is 5.14. The summed E-state index contributed by atoms with van der Waals surface area (Å²) >= 11 is 0. The van der Waals surface area contributed by atoms with Crippen molar-refractivity contribution in [1.29, 1.82) is 0 Å². The fraction of sp³-hybridized carbons (Fsp3) is 0.312. The number of fused-ring (bicyclic) bond motifs is 1. The summed E-state index contributed by atoms with van der Waals surface area (Å²) in [4.78, 5) is 14.2. The molecule has 2 heterocycles. The third kappa shape index (κ3) is 2.41. The molecule has 2 amide bonds. The number of nitrogens with zero attached hydrogens (tertiary/aromatic N) is 2. The van der Waals surface area contributed by atoms with E-state index in [1.54, 1.807) is 0 Å². The van der Waals surface area contributed by atoms with Crippen molar-refractivity contribution in [2.45, 2.75) is 26.1 Å². The van der Waals surface area contributed by atoms with E-state index in [2.05, 4.69) is 29.1 Å². The molecule has 0 aliphatic carbocycles. The summed E-state index contributed by atoms with van der Waals surface area (Å²) in [7, 11) is 0. The minimum Gasteiger partial charge on any atom is -0.348 e. The summed E-state index contributed by atoms with van der Waals surface area (Å²) in [5, 5.41) is 3.00. The monoisotopic (exact) mass is 269 g/mol. The van der Waals surface area contributed by atoms with E-state index in [0.29, 0.717) is 6.54 Å². The Kier molecular flexibility index (Phi) is 3.46. The molecule has 1 aromatic heterocycles. The predicted molar refractivity (Wildman–Crippen MR) is 78.2 cm³/mol. The number of carbonyl (C=O) groups is 1. The lowest BCUT2D eigenvalue weighted by molar-refractivity contribution is 0.162. The van der Waals surface area contributed by atoms with Gasteiger partial charge in [0.1, 0.15) is 0 Å². The third-order valence-electron chi connectivity index (χ3n) is 3.89. The molecule has 104 valence electrons. The first kappa shape index (κ1) is 12.8. The quantitative estimate of drug-likeness (QED) is 0.894. The molecule has 2 aromatic rings. The summed E-state index contributed by atoms with van der Waals surface area (Å²) < 4.78 is 2.21. The van der Waals surface area contributed by atoms with Gasteiger partial charge in [-0.3, -0.25) is 0 Å². The number of hydrogen-bond donors (Lipinski definition) is 1. The zero-order valence-electron chi connectivity index (χ0n) is 11.6. The first-order chi connectivity index (χ1) is 9.75. The SMILES string of the molecule is CC1c2cccn2CCN1C(=O)NCc1ccccc1. The van der Waals surface area contributed by atoms with Crippen molar-refractivity contribution >= 4 is 6.03 Å². The van der Waals surface area contributed by atoms with Crippen LogP contribution in [0.4, 0.5) is 4.79 Å². The topological polar surface area (TPSA) is 37.3 Å². The van der Waals surface area contributed by atoms with E-state index >= 15 is 0 Å². The van der Waals surface area contributed by atoms with Gasteiger partial charge in [-0.05, 0) is 24.6 Å². The van der Waals surface area contributed by atoms with Crippen molar-refractivity contribution in [3.63, 3.8) is 0 Å². The number of carbonyl (C=O) groups excluding carboxylic acids is 1. The summed E-state index contributed by atoms with van der Waals surface area (Å²) in [6.45, 7) is 4.27. The van der Waals surface area contributed by atoms with Crippen LogP contribution in [0.5, 0.6) is 0 Å². The predicted octanol–water partition coefficient (Wildman–Crippen LogP) is 2.77. The van der Waals surface area contributed by atoms with Gasteiger partial charge in [0.15, 0.2) is 0 Å². The molecule has 0 radical (unpaired) electrons. The second-order valence-electron chi connectivity index (χ2n) is 5.14. The lowest BCUT2D eigenvalue weighted by Crippen LogP contribution is -2.45. The van der Waals surface area contributed by atoms with Crippen LogP contribution in [-0.2, 0) is 13.1 Å². The molecule has 0 saturated heterocycles. The zero-order chi connectivity index (χ0) is 13.9. The molecule has 3 rings (SSSR count). The van der Waals surface area contributed by atoms with Crippen LogP contribution < -0.4 is 5.32 Å². The average molecular weight is 269 g/mol. The van der Waals surface area contributed by atoms with E-state index < -0.39 is 0 Å². The molecule has 0 bridgehead atoms. The van der Waals surface area contributed by atoms with E-state index in [1.165, 1.54) is 5.69 Å². The molecule has 0 spiro atoms. The van der Waals surface area contributed by atoms with Gasteiger partial charge in [-0.15, -0.1) is 0 Å². The number of amides is 2. The van der Waals surface area contributed by atoms with Crippen LogP contribution in [0.3, 0.4) is 0 Å². The van der Waals surface area contributed by atoms with E-state index in [9.17, 15) is 4.79 Å². The van der Waals surface area contributed by atoms with Gasteiger partial charge in [0, 0.05) is 31.5 Å². The summed E-state index contributed by atoms with van der Waals surface area (Å²) in [5.74, 6) is 0. The molecule has 1 atom stereocenters. The Hall–Kier alpha value is -2.23. The Balaban J connectivity index is 1.64. The molecular weight excluding hydrogens is 250 g/mol. The van der Waals surface area contributed by atoms with Gasteiger partial charge < -0.3 is 14.8 Å². The minimum atomic E-state index is 0.00815. The summed E-state index contributed by atoms with van der Waals surface area (Å²) in [6.07, 6.45) is 2.07. The van der Waals surface area contributed by atoms with E-state index in [1.807, 2.05) is 41.3 Å². The largest absolute Gasteiger partial charge is 0.348 e. The van der Waals surface area contributed by atoms with Gasteiger partial charge in [0.25, 0.3) is 0 Å². The molecule has 1 aliphatic rings. The van der Waals surface area contributed by atoms with Crippen LogP contribution >= 0.6 is 0 Å². The highest BCUT2D eigenvalue weighted by molar-refractivity contribution is 5.74. The molecule has 1 unspecified atom stereocenters. The van der Waals surface area contributed by atoms with Gasteiger partial charge >= 0.3 is 6.03 Å². The minimum absolute atomic E-state index is 0.00815. The molecule has 1 aromatic carbocycles. The first-order valence-electron chi connectivity index (χ1n) is 6.99. The van der Waals surface area contributed by atoms with Crippen LogP contribution in [0, 0.1) is 0 Å². The highest BCUT2D eigenvalue weighted by Gasteiger charge is 2.26. The Labute approximate surface area is 119 Å². The lowest BCUT2D eigenvalue weighted by Gasteiger charge is -2.34. The highest BCUT2D eigenvalue weighted by Crippen LogP contribution is 2.25. The molecule has 1 N–H and O–H groups in total. The Bertz CT molecular complexity index is 591. The smallest absolute Gasteiger partial charge is 0.318 e. The van der Waals surface area contributed by atoms with Crippen LogP contribution in [0.1, 0.15) is 24.2 Å². The Morgan fingerprint density at radius 2 is 2.00 bits per heavy atom. The standard InChI is InChI=1S/C16H19N3O/c1-13-15-8-5-9-18(15)10-11-19(13)16(20)17-12-14-6-3-2-4-7-14/h2-9,13H,10-12H2,1H3,(H,17,20). The second kappa shape index (κ2) is 5.41. The highest BCUT2D eigenvalue weighted by atomic mass is 16.2. The third-order valence-corrected chi connectivity index (χ3v) is 3.89. The summed E-state index contributed by atoms with van der Waals surface area (Å²) in [6, 6.07) is 14.2. The molecule has 20 heavy (non-hydrogen) atoms. The number of hydrogen-bond acceptors (Lipinski definition) is 1. The van der Waals surface area contributed by atoms with Gasteiger partial charge in [0.05, 0.1) is 6.04 Å². The van der Waals surface area contributed by atoms with Gasteiger partial charge in [-0.1, -0.05) is 30.3 Å². The van der Waals surface area contributed by atoms with Crippen molar-refractivity contribution in [2.24, 2.45) is 0 Å². The molecule has 0 saturated carbocycles. The van der Waals surface area contributed by atoms with Crippen LogP contribution in [-0.4, -0.2) is 22.0 Å². The fourth-order valence-electron chi connectivity index (χ4n) is 2.73. The maximum Gasteiger partial charge on any atom is 0.318 e. The van der Waals surface area contributed by atoms with Crippen molar-refractivity contribution in [2.75, 3.05) is 6.54 Å². The van der Waals surface area contributed by atoms with Crippen molar-refractivity contribution in [3.8, 4) is 0 Å². The molecule has 4 heteroatoms. The number of nitrogens with one attached hydrogen (secondary N) is 1. The van der Waals surface area contributed by atoms with E-state index in [0.717, 1.165) is 18.7 Å². The average Bonchev–Trinajstić information content (AvgIpc) is 2.96.